The molecule has 2 aromatic heterocycles. The van der Waals surface area contributed by atoms with Crippen molar-refractivity contribution in [3.63, 3.8) is 0 Å². The molecule has 0 spiro atoms. The van der Waals surface area contributed by atoms with Crippen LogP contribution in [-0.4, -0.2) is 30.8 Å². The predicted molar refractivity (Wildman–Crippen MR) is 103 cm³/mol. The number of aromatic amines is 1. The van der Waals surface area contributed by atoms with Gasteiger partial charge in [-0.05, 0) is 19.4 Å². The molecule has 2 heterocycles. The van der Waals surface area contributed by atoms with E-state index in [0.29, 0.717) is 22.4 Å². The first-order chi connectivity index (χ1) is 13.0. The number of nitro groups is 1. The summed E-state index contributed by atoms with van der Waals surface area (Å²) in [6.07, 6.45) is 0. The highest BCUT2D eigenvalue weighted by atomic mass is 16.6. The van der Waals surface area contributed by atoms with Crippen LogP contribution in [0.25, 0.3) is 22.1 Å². The number of hydrazone groups is 1. The molecule has 0 saturated carbocycles. The minimum absolute atomic E-state index is 0.00910. The molecule has 0 unspecified atom stereocenters. The van der Waals surface area contributed by atoms with Crippen LogP contribution in [0.15, 0.2) is 47.6 Å². The van der Waals surface area contributed by atoms with Crippen molar-refractivity contribution < 1.29 is 4.92 Å². The average molecular weight is 361 g/mol. The van der Waals surface area contributed by atoms with Gasteiger partial charge in [-0.25, -0.2) is 5.43 Å². The molecule has 134 valence electrons. The lowest BCUT2D eigenvalue weighted by Crippen LogP contribution is -2.03. The Hall–Kier alpha value is -3.88. The van der Waals surface area contributed by atoms with Crippen molar-refractivity contribution in [3.05, 3.63) is 63.7 Å². The normalized spacial score (nSPS) is 11.9. The number of benzene rings is 2. The molecule has 2 aromatic carbocycles. The van der Waals surface area contributed by atoms with Crippen molar-refractivity contribution in [2.75, 3.05) is 5.43 Å². The van der Waals surface area contributed by atoms with Gasteiger partial charge in [0.15, 0.2) is 5.65 Å². The second-order valence-corrected chi connectivity index (χ2v) is 6.07. The van der Waals surface area contributed by atoms with Gasteiger partial charge in [0.25, 0.3) is 11.6 Å². The molecule has 27 heavy (non-hydrogen) atoms. The van der Waals surface area contributed by atoms with Gasteiger partial charge >= 0.3 is 0 Å². The number of H-pyrrole nitrogens is 1. The summed E-state index contributed by atoms with van der Waals surface area (Å²) in [7, 11) is 0. The van der Waals surface area contributed by atoms with E-state index < -0.39 is 4.92 Å². The Balaban J connectivity index is 1.64. The van der Waals surface area contributed by atoms with E-state index in [2.05, 4.69) is 30.7 Å². The zero-order valence-corrected chi connectivity index (χ0v) is 14.6. The van der Waals surface area contributed by atoms with Crippen LogP contribution in [0.1, 0.15) is 18.1 Å². The second-order valence-electron chi connectivity index (χ2n) is 6.07. The van der Waals surface area contributed by atoms with E-state index in [1.54, 1.807) is 19.1 Å². The summed E-state index contributed by atoms with van der Waals surface area (Å²) in [6, 6.07) is 12.2. The number of nitro benzene ring substituents is 1. The summed E-state index contributed by atoms with van der Waals surface area (Å²) >= 11 is 0. The van der Waals surface area contributed by atoms with Crippen molar-refractivity contribution in [1.82, 2.24) is 20.2 Å². The average Bonchev–Trinajstić information content (AvgIpc) is 3.05. The number of non-ortho nitro benzene ring substituents is 1. The molecule has 4 rings (SSSR count). The number of para-hydroxylation sites is 1. The van der Waals surface area contributed by atoms with Crippen LogP contribution in [-0.2, 0) is 0 Å². The highest BCUT2D eigenvalue weighted by molar-refractivity contribution is 6.04. The lowest BCUT2D eigenvalue weighted by molar-refractivity contribution is -0.384. The monoisotopic (exact) mass is 361 g/mol. The Morgan fingerprint density at radius 1 is 1.22 bits per heavy atom. The van der Waals surface area contributed by atoms with Crippen LogP contribution in [0.4, 0.5) is 11.6 Å². The molecule has 0 fully saturated rings. The van der Waals surface area contributed by atoms with Crippen LogP contribution in [0.5, 0.6) is 0 Å². The van der Waals surface area contributed by atoms with Crippen molar-refractivity contribution in [2.24, 2.45) is 5.10 Å². The molecule has 0 atom stereocenters. The van der Waals surface area contributed by atoms with Gasteiger partial charge in [-0.15, -0.1) is 10.2 Å². The van der Waals surface area contributed by atoms with E-state index in [1.165, 1.54) is 12.1 Å². The first-order valence-corrected chi connectivity index (χ1v) is 8.20. The van der Waals surface area contributed by atoms with Gasteiger partial charge in [-0.1, -0.05) is 30.3 Å². The maximum Gasteiger partial charge on any atom is 0.270 e. The van der Waals surface area contributed by atoms with E-state index in [0.717, 1.165) is 16.5 Å². The topological polar surface area (TPSA) is 122 Å². The maximum absolute atomic E-state index is 10.9. The summed E-state index contributed by atoms with van der Waals surface area (Å²) in [5.74, 6) is 0.233. The van der Waals surface area contributed by atoms with Gasteiger partial charge < -0.3 is 4.98 Å². The van der Waals surface area contributed by atoms with Crippen molar-refractivity contribution in [3.8, 4) is 0 Å². The number of aryl methyl sites for hydroxylation is 1. The van der Waals surface area contributed by atoms with Crippen molar-refractivity contribution in [1.29, 1.82) is 0 Å². The number of hydrogen-bond acceptors (Lipinski definition) is 7. The highest BCUT2D eigenvalue weighted by Crippen LogP contribution is 2.24. The fourth-order valence-electron chi connectivity index (χ4n) is 2.83. The summed E-state index contributed by atoms with van der Waals surface area (Å²) in [6.45, 7) is 3.75. The van der Waals surface area contributed by atoms with Gasteiger partial charge in [0.05, 0.1) is 16.2 Å². The van der Waals surface area contributed by atoms with Crippen LogP contribution < -0.4 is 5.43 Å². The molecule has 0 aliphatic heterocycles. The summed E-state index contributed by atoms with van der Waals surface area (Å²) in [4.78, 5) is 18.1. The first-order valence-electron chi connectivity index (χ1n) is 8.20. The largest absolute Gasteiger partial charge is 0.337 e. The van der Waals surface area contributed by atoms with Crippen molar-refractivity contribution in [2.45, 2.75) is 13.8 Å². The SMILES string of the molecule is C/C(=N/Nc1nnc2c(n1)[nH]c1c(C)cccc12)c1cccc([N+](=O)[O-])c1. The summed E-state index contributed by atoms with van der Waals surface area (Å²) in [5.41, 5.74) is 7.34. The van der Waals surface area contributed by atoms with Crippen LogP contribution in [0, 0.1) is 17.0 Å². The molecular formula is C18H15N7O2. The molecule has 0 aliphatic rings. The Kier molecular flexibility index (Phi) is 3.96. The summed E-state index contributed by atoms with van der Waals surface area (Å²) in [5, 5.41) is 24.4. The highest BCUT2D eigenvalue weighted by Gasteiger charge is 2.11. The molecular weight excluding hydrogens is 346 g/mol. The zero-order valence-electron chi connectivity index (χ0n) is 14.6. The fraction of sp³-hybridized carbons (Fsp3) is 0.111. The molecule has 0 aliphatic carbocycles. The van der Waals surface area contributed by atoms with Gasteiger partial charge in [0.2, 0.25) is 0 Å². The number of hydrogen-bond donors (Lipinski definition) is 2. The van der Waals surface area contributed by atoms with Crippen LogP contribution >= 0.6 is 0 Å². The molecule has 9 heteroatoms. The Labute approximate surface area is 153 Å². The molecule has 4 aromatic rings. The summed E-state index contributed by atoms with van der Waals surface area (Å²) < 4.78 is 0. The van der Waals surface area contributed by atoms with Gasteiger partial charge in [0, 0.05) is 23.1 Å². The third-order valence-corrected chi connectivity index (χ3v) is 4.26. The lowest BCUT2D eigenvalue weighted by Gasteiger charge is -2.02. The Bertz CT molecular complexity index is 1210. The number of aromatic nitrogens is 4. The zero-order chi connectivity index (χ0) is 19.0. The smallest absolute Gasteiger partial charge is 0.270 e. The molecule has 0 bridgehead atoms. The third-order valence-electron chi connectivity index (χ3n) is 4.26. The standard InChI is InChI=1S/C18H15N7O2/c1-10-5-3-8-14-15(10)19-17-16(14)22-24-18(20-17)23-21-11(2)12-6-4-7-13(9-12)25(26)27/h3-9H,1-2H3,(H2,19,20,23,24)/b21-11-. The molecule has 0 amide bonds. The number of fused-ring (bicyclic) bond motifs is 3. The Morgan fingerprint density at radius 3 is 2.85 bits per heavy atom. The van der Waals surface area contributed by atoms with E-state index in [9.17, 15) is 10.1 Å². The Morgan fingerprint density at radius 2 is 2.04 bits per heavy atom. The maximum atomic E-state index is 10.9. The van der Waals surface area contributed by atoms with E-state index >= 15 is 0 Å². The number of anilines is 1. The molecule has 0 saturated heterocycles. The predicted octanol–water partition coefficient (Wildman–Crippen LogP) is 3.56. The quantitative estimate of drug-likeness (QED) is 0.325. The second kappa shape index (κ2) is 6.45. The number of rotatable bonds is 4. The number of nitrogens with zero attached hydrogens (tertiary/aromatic N) is 5. The lowest BCUT2D eigenvalue weighted by atomic mass is 10.1. The minimum Gasteiger partial charge on any atom is -0.337 e. The van der Waals surface area contributed by atoms with Crippen molar-refractivity contribution >= 4 is 39.4 Å². The van der Waals surface area contributed by atoms with Gasteiger partial charge in [0.1, 0.15) is 5.52 Å². The van der Waals surface area contributed by atoms with E-state index in [4.69, 9.17) is 0 Å². The van der Waals surface area contributed by atoms with Crippen LogP contribution in [0.3, 0.4) is 0 Å². The minimum atomic E-state index is -0.441. The van der Waals surface area contributed by atoms with Crippen LogP contribution in [0.2, 0.25) is 0 Å². The van der Waals surface area contributed by atoms with E-state index in [1.807, 2.05) is 25.1 Å². The number of nitrogens with one attached hydrogen (secondary N) is 2. The molecule has 9 nitrogen and oxygen atoms in total. The van der Waals surface area contributed by atoms with Gasteiger partial charge in [-0.2, -0.15) is 10.1 Å². The molecule has 0 radical (unpaired) electrons. The molecule has 2 N–H and O–H groups in total. The fourth-order valence-corrected chi connectivity index (χ4v) is 2.83. The van der Waals surface area contributed by atoms with Gasteiger partial charge in [-0.3, -0.25) is 10.1 Å². The third kappa shape index (κ3) is 3.06. The van der Waals surface area contributed by atoms with E-state index in [-0.39, 0.29) is 11.6 Å². The first kappa shape index (κ1) is 16.6.